The largest absolute Gasteiger partial charge is 0.497 e. The molecule has 0 bridgehead atoms. The summed E-state index contributed by atoms with van der Waals surface area (Å²) in [5.41, 5.74) is 0.333. The number of hydrogen-bond donors (Lipinski definition) is 6. The molecule has 1 unspecified atom stereocenters. The lowest BCUT2D eigenvalue weighted by atomic mass is 9.93. The molecule has 3 amide bonds. The number of carbonyl (C=O) groups excluding carboxylic acids is 4. The van der Waals surface area contributed by atoms with Gasteiger partial charge in [-0.15, -0.1) is 0 Å². The van der Waals surface area contributed by atoms with E-state index in [0.29, 0.717) is 31.0 Å². The normalized spacial score (nSPS) is 24.1. The van der Waals surface area contributed by atoms with E-state index in [4.69, 9.17) is 14.2 Å². The number of methoxy groups -OCH3 is 1. The number of Topliss-reactive ketones (excluding diaryl/α,β-unsaturated/α-hetero) is 1. The van der Waals surface area contributed by atoms with Crippen LogP contribution in [0.5, 0.6) is 5.75 Å². The molecular weight excluding hydrogens is 560 g/mol. The summed E-state index contributed by atoms with van der Waals surface area (Å²) in [5.74, 6) is -1.98. The third-order valence-corrected chi connectivity index (χ3v) is 7.94. The van der Waals surface area contributed by atoms with Gasteiger partial charge in [0.1, 0.15) is 29.5 Å². The molecule has 236 valence electrons. The van der Waals surface area contributed by atoms with Gasteiger partial charge in [0.15, 0.2) is 5.78 Å². The molecule has 6 atom stereocenters. The van der Waals surface area contributed by atoms with Gasteiger partial charge in [0.25, 0.3) is 0 Å². The Balaban J connectivity index is 1.51. The third-order valence-electron chi connectivity index (χ3n) is 7.94. The van der Waals surface area contributed by atoms with Gasteiger partial charge in [0.05, 0.1) is 45.5 Å². The summed E-state index contributed by atoms with van der Waals surface area (Å²) in [6.07, 6.45) is 3.05. The number of hydrogen-bond acceptors (Lipinski definition) is 10. The number of epoxide rings is 1. The molecule has 0 spiro atoms. The van der Waals surface area contributed by atoms with E-state index in [0.717, 1.165) is 24.8 Å². The van der Waals surface area contributed by atoms with E-state index in [2.05, 4.69) is 27.3 Å². The minimum absolute atomic E-state index is 0.0321. The van der Waals surface area contributed by atoms with Crippen LogP contribution in [0.3, 0.4) is 0 Å². The number of carbonyl (C=O) groups is 4. The van der Waals surface area contributed by atoms with Gasteiger partial charge in [-0.05, 0) is 50.3 Å². The molecule has 2 fully saturated rings. The lowest BCUT2D eigenvalue weighted by molar-refractivity contribution is -0.137. The van der Waals surface area contributed by atoms with Crippen molar-refractivity contribution in [3.63, 3.8) is 0 Å². The van der Waals surface area contributed by atoms with Gasteiger partial charge in [-0.25, -0.2) is 0 Å². The van der Waals surface area contributed by atoms with Crippen LogP contribution >= 0.6 is 0 Å². The Morgan fingerprint density at radius 1 is 1.12 bits per heavy atom. The zero-order chi connectivity index (χ0) is 31.0. The van der Waals surface area contributed by atoms with Crippen LogP contribution in [0.4, 0.5) is 0 Å². The fourth-order valence-electron chi connectivity index (χ4n) is 5.22. The standard InChI is InChI=1S/C30H42N4O9/c1-30(17-43-30)27(38)22(13-18-5-3-4-6-18)33-29(40)25(26(37)19-7-9-20(41-2)10-8-19)34-28(39)23(16-35)32-24(36)14-21-15-31-11-12-42-21/h5,7-10,21-23,25-26,31,35,37H,3-4,6,11-17H2,1-2H3,(H,32,36)(H,33,40)(H,34,39)/t21?,22-,23-,25-,26+,30+/m0/s1. The van der Waals surface area contributed by atoms with Gasteiger partial charge in [0.2, 0.25) is 17.7 Å². The van der Waals surface area contributed by atoms with Gasteiger partial charge in [-0.2, -0.15) is 0 Å². The SMILES string of the molecule is COc1ccc([C@@H](O)[C@H](NC(=O)[C@H](CO)NC(=O)CC2CNCCO2)C(=O)N[C@@H](CC2=CCCC2)C(=O)[C@@]2(C)CO2)cc1. The Bertz CT molecular complexity index is 1180. The van der Waals surface area contributed by atoms with Gasteiger partial charge < -0.3 is 45.7 Å². The van der Waals surface area contributed by atoms with Crippen molar-refractivity contribution < 1.29 is 43.6 Å². The van der Waals surface area contributed by atoms with Gasteiger partial charge >= 0.3 is 0 Å². The van der Waals surface area contributed by atoms with Crippen molar-refractivity contribution >= 4 is 23.5 Å². The first-order valence-corrected chi connectivity index (χ1v) is 14.6. The molecule has 2 heterocycles. The second-order valence-electron chi connectivity index (χ2n) is 11.3. The lowest BCUT2D eigenvalue weighted by Gasteiger charge is -2.29. The summed E-state index contributed by atoms with van der Waals surface area (Å²) in [4.78, 5) is 53.0. The number of aliphatic hydroxyl groups excluding tert-OH is 2. The molecule has 0 aromatic heterocycles. The van der Waals surface area contributed by atoms with E-state index in [-0.39, 0.29) is 31.3 Å². The maximum Gasteiger partial charge on any atom is 0.246 e. The monoisotopic (exact) mass is 602 g/mol. The maximum absolute atomic E-state index is 13.8. The van der Waals surface area contributed by atoms with Gasteiger partial charge in [-0.1, -0.05) is 23.8 Å². The molecule has 3 aliphatic rings. The zero-order valence-corrected chi connectivity index (χ0v) is 24.6. The molecule has 43 heavy (non-hydrogen) atoms. The highest BCUT2D eigenvalue weighted by molar-refractivity contribution is 5.98. The number of aliphatic hydroxyl groups is 2. The van der Waals surface area contributed by atoms with E-state index in [1.54, 1.807) is 31.2 Å². The molecule has 1 aromatic carbocycles. The van der Waals surface area contributed by atoms with Crippen molar-refractivity contribution in [2.75, 3.05) is 40.0 Å². The second kappa shape index (κ2) is 14.9. The molecule has 1 aliphatic carbocycles. The molecule has 4 rings (SSSR count). The number of ether oxygens (including phenoxy) is 3. The Labute approximate surface area is 250 Å². The fraction of sp³-hybridized carbons (Fsp3) is 0.600. The molecular formula is C30H42N4O9. The predicted octanol–water partition coefficient (Wildman–Crippen LogP) is -0.588. The van der Waals surface area contributed by atoms with Crippen molar-refractivity contribution in [1.29, 1.82) is 0 Å². The Morgan fingerprint density at radius 3 is 2.44 bits per heavy atom. The number of morpholine rings is 1. The van der Waals surface area contributed by atoms with Crippen molar-refractivity contribution in [2.45, 2.75) is 75.0 Å². The summed E-state index contributed by atoms with van der Waals surface area (Å²) in [5, 5.41) is 32.1. The molecule has 2 saturated heterocycles. The van der Waals surface area contributed by atoms with Gasteiger partial charge in [-0.3, -0.25) is 19.2 Å². The third kappa shape index (κ3) is 8.83. The fourth-order valence-corrected chi connectivity index (χ4v) is 5.22. The smallest absolute Gasteiger partial charge is 0.246 e. The minimum atomic E-state index is -1.57. The van der Waals surface area contributed by atoms with Crippen molar-refractivity contribution in [2.24, 2.45) is 0 Å². The zero-order valence-electron chi connectivity index (χ0n) is 24.6. The summed E-state index contributed by atoms with van der Waals surface area (Å²) in [6, 6.07) is 2.37. The molecule has 6 N–H and O–H groups in total. The summed E-state index contributed by atoms with van der Waals surface area (Å²) < 4.78 is 16.1. The van der Waals surface area contributed by atoms with E-state index in [1.165, 1.54) is 7.11 Å². The molecule has 0 radical (unpaired) electrons. The highest BCUT2D eigenvalue weighted by atomic mass is 16.6. The lowest BCUT2D eigenvalue weighted by Crippen LogP contribution is -2.59. The minimum Gasteiger partial charge on any atom is -0.497 e. The predicted molar refractivity (Wildman–Crippen MR) is 154 cm³/mol. The van der Waals surface area contributed by atoms with Gasteiger partial charge in [0, 0.05) is 13.1 Å². The average Bonchev–Trinajstić information content (AvgIpc) is 3.56. The summed E-state index contributed by atoms with van der Waals surface area (Å²) in [7, 11) is 1.49. The molecule has 13 heteroatoms. The maximum atomic E-state index is 13.8. The summed E-state index contributed by atoms with van der Waals surface area (Å²) >= 11 is 0. The quantitative estimate of drug-likeness (QED) is 0.112. The number of rotatable bonds is 15. The van der Waals surface area contributed by atoms with Crippen molar-refractivity contribution in [1.82, 2.24) is 21.3 Å². The van der Waals surface area contributed by atoms with Crippen molar-refractivity contribution in [3.8, 4) is 5.75 Å². The first-order valence-electron chi connectivity index (χ1n) is 14.6. The topological polar surface area (TPSA) is 188 Å². The number of nitrogens with one attached hydrogen (secondary N) is 4. The number of ketones is 1. The Morgan fingerprint density at radius 2 is 1.86 bits per heavy atom. The van der Waals surface area contributed by atoms with Crippen LogP contribution < -0.4 is 26.0 Å². The average molecular weight is 603 g/mol. The summed E-state index contributed by atoms with van der Waals surface area (Å²) in [6.45, 7) is 2.75. The van der Waals surface area contributed by atoms with Crippen LogP contribution in [0.15, 0.2) is 35.9 Å². The Kier molecular flexibility index (Phi) is 11.3. The molecule has 2 aliphatic heterocycles. The highest BCUT2D eigenvalue weighted by Crippen LogP contribution is 2.31. The van der Waals surface area contributed by atoms with E-state index >= 15 is 0 Å². The number of amides is 3. The van der Waals surface area contributed by atoms with Crippen molar-refractivity contribution in [3.05, 3.63) is 41.5 Å². The first-order chi connectivity index (χ1) is 20.6. The van der Waals surface area contributed by atoms with Crippen LogP contribution in [-0.2, 0) is 28.7 Å². The van der Waals surface area contributed by atoms with Crippen LogP contribution in [0.25, 0.3) is 0 Å². The van der Waals surface area contributed by atoms with Crippen LogP contribution in [0.1, 0.15) is 50.7 Å². The molecule has 0 saturated carbocycles. The second-order valence-corrected chi connectivity index (χ2v) is 11.3. The van der Waals surface area contributed by atoms with E-state index < -0.39 is 54.2 Å². The molecule has 1 aromatic rings. The van der Waals surface area contributed by atoms with Crippen LogP contribution in [0, 0.1) is 0 Å². The van der Waals surface area contributed by atoms with E-state index in [1.807, 2.05) is 0 Å². The number of allylic oxidation sites excluding steroid dienone is 1. The van der Waals surface area contributed by atoms with Crippen LogP contribution in [-0.4, -0.2) is 104 Å². The highest BCUT2D eigenvalue weighted by Gasteiger charge is 2.50. The Hall–Kier alpha value is -3.36. The van der Waals surface area contributed by atoms with E-state index in [9.17, 15) is 29.4 Å². The number of benzene rings is 1. The first kappa shape index (κ1) is 32.6. The van der Waals surface area contributed by atoms with Crippen LogP contribution in [0.2, 0.25) is 0 Å². The molecule has 13 nitrogen and oxygen atoms in total.